The van der Waals surface area contributed by atoms with Gasteiger partial charge in [0.25, 0.3) is 0 Å². The highest BCUT2D eigenvalue weighted by Crippen LogP contribution is 2.44. The largest absolute Gasteiger partial charge is 0.456 e. The molecule has 0 radical (unpaired) electrons. The Morgan fingerprint density at radius 3 is 1.67 bits per heavy atom. The number of furan rings is 1. The van der Waals surface area contributed by atoms with Gasteiger partial charge in [-0.3, -0.25) is 0 Å². The lowest BCUT2D eigenvalue weighted by atomic mass is 9.85. The van der Waals surface area contributed by atoms with Crippen LogP contribution in [0.15, 0.2) is 186 Å². The van der Waals surface area contributed by atoms with Gasteiger partial charge in [-0.15, -0.1) is 0 Å². The van der Waals surface area contributed by atoms with Crippen molar-refractivity contribution in [2.45, 2.75) is 0 Å². The summed E-state index contributed by atoms with van der Waals surface area (Å²) in [7, 11) is 0. The summed E-state index contributed by atoms with van der Waals surface area (Å²) >= 11 is 0. The number of fused-ring (bicyclic) bond motifs is 6. The minimum Gasteiger partial charge on any atom is -0.456 e. The lowest BCUT2D eigenvalue weighted by Gasteiger charge is -2.18. The van der Waals surface area contributed by atoms with Crippen LogP contribution in [0.3, 0.4) is 0 Å². The first-order chi connectivity index (χ1) is 31.0. The zero-order valence-corrected chi connectivity index (χ0v) is 25.5. The maximum Gasteiger partial charge on any atom is 0.136 e. The van der Waals surface area contributed by atoms with Crippen LogP contribution in [0.25, 0.3) is 98.8 Å². The molecule has 228 valence electrons. The lowest BCUT2D eigenvalue weighted by Crippen LogP contribution is -1.90. The van der Waals surface area contributed by atoms with Crippen LogP contribution in [0.4, 0.5) is 0 Å². The van der Waals surface area contributed by atoms with Crippen molar-refractivity contribution in [2.75, 3.05) is 0 Å². The quantitative estimate of drug-likeness (QED) is 0.175. The minimum absolute atomic E-state index is 0.0295. The monoisotopic (exact) mass is 638 g/mol. The summed E-state index contributed by atoms with van der Waals surface area (Å²) in [5.41, 5.74) is 0.164. The molecule has 0 saturated carbocycles. The maximum atomic E-state index is 9.70. The van der Waals surface area contributed by atoms with Gasteiger partial charge in [-0.1, -0.05) is 151 Å². The Balaban J connectivity index is 1.29. The fraction of sp³-hybridized carbons (Fsp3) is 0. The highest BCUT2D eigenvalue weighted by atomic mass is 16.3. The Bertz CT molecular complexity index is 3700. The summed E-state index contributed by atoms with van der Waals surface area (Å²) in [5.74, 6) is 0. The lowest BCUT2D eigenvalue weighted by molar-refractivity contribution is 0.669. The van der Waals surface area contributed by atoms with Gasteiger partial charge in [-0.2, -0.15) is 0 Å². The molecule has 1 heteroatoms. The summed E-state index contributed by atoms with van der Waals surface area (Å²) in [6, 6.07) is 16.3. The van der Waals surface area contributed by atoms with E-state index in [0.29, 0.717) is 16.3 Å². The Morgan fingerprint density at radius 2 is 0.980 bits per heavy atom. The van der Waals surface area contributed by atoms with E-state index < -0.39 is 96.2 Å². The molecule has 9 aromatic carbocycles. The molecule has 0 amide bonds. The van der Waals surface area contributed by atoms with E-state index in [9.17, 15) is 8.22 Å². The van der Waals surface area contributed by atoms with Crippen molar-refractivity contribution in [1.29, 1.82) is 0 Å². The smallest absolute Gasteiger partial charge is 0.136 e. The molecule has 0 N–H and O–H groups in total. The van der Waals surface area contributed by atoms with Crippen LogP contribution in [0.2, 0.25) is 0 Å². The number of hydrogen-bond acceptors (Lipinski definition) is 1. The van der Waals surface area contributed by atoms with Gasteiger partial charge in [-0.25, -0.2) is 0 Å². The standard InChI is InChI=1S/C48H30O/c1-3-12-31(13-4-1)38-20-11-21-45-48(38)43-30-36(26-27-44(43)49-45)34-22-23-35-29-37(25-24-33(35)28-34)47-41-18-9-7-16-39(41)46(32-14-5-2-6-15-32)40-17-8-10-19-42(40)47/h1-30H/i1D,3D,4D,11D,12D,13D,20D,21D,22D,23D,24D,25D,26D,27D,28D,29D. The zero-order chi connectivity index (χ0) is 46.2. The molecule has 0 aliphatic carbocycles. The van der Waals surface area contributed by atoms with Crippen LogP contribution in [0, 0.1) is 0 Å². The van der Waals surface area contributed by atoms with E-state index in [2.05, 4.69) is 0 Å². The molecule has 0 spiro atoms. The third-order valence-electron chi connectivity index (χ3n) is 8.80. The molecule has 0 saturated heterocycles. The predicted molar refractivity (Wildman–Crippen MR) is 208 cm³/mol. The third-order valence-corrected chi connectivity index (χ3v) is 8.80. The molecule has 0 atom stereocenters. The SMILES string of the molecule is [2H]c1c([2H])c([2H])c(-c2c([2H])c([2H])c([2H])c3oc4c([2H])c([2H])c(-c5c([2H])c([2H])c6c([2H])c(-c7c8ccccc8c(-c8ccccc8)c8ccccc78)c([2H])c([2H])c6c5[2H])cc4c23)c([2H])c1[2H]. The number of rotatable bonds is 4. The Labute approximate surface area is 306 Å². The van der Waals surface area contributed by atoms with Crippen molar-refractivity contribution >= 4 is 54.3 Å². The van der Waals surface area contributed by atoms with Gasteiger partial charge in [0.05, 0.1) is 21.9 Å². The fourth-order valence-electron chi connectivity index (χ4n) is 6.67. The molecule has 0 aliphatic rings. The molecular formula is C48H30O. The van der Waals surface area contributed by atoms with Gasteiger partial charge in [0, 0.05) is 10.8 Å². The van der Waals surface area contributed by atoms with Crippen molar-refractivity contribution in [2.24, 2.45) is 0 Å². The van der Waals surface area contributed by atoms with Crippen molar-refractivity contribution in [3.05, 3.63) is 182 Å². The number of hydrogen-bond donors (Lipinski definition) is 0. The van der Waals surface area contributed by atoms with E-state index >= 15 is 0 Å². The van der Waals surface area contributed by atoms with Crippen molar-refractivity contribution in [1.82, 2.24) is 0 Å². The van der Waals surface area contributed by atoms with E-state index in [0.717, 1.165) is 21.9 Å². The zero-order valence-electron chi connectivity index (χ0n) is 41.5. The second-order valence-electron chi connectivity index (χ2n) is 11.6. The Kier molecular flexibility index (Phi) is 3.64. The predicted octanol–water partition coefficient (Wildman–Crippen LogP) is 13.7. The van der Waals surface area contributed by atoms with Gasteiger partial charge in [0.2, 0.25) is 0 Å². The second-order valence-corrected chi connectivity index (χ2v) is 11.6. The molecule has 0 unspecified atom stereocenters. The Hall–Kier alpha value is -6.44. The molecule has 10 aromatic rings. The third kappa shape index (κ3) is 4.47. The van der Waals surface area contributed by atoms with Crippen LogP contribution < -0.4 is 0 Å². The second kappa shape index (κ2) is 11.1. The molecule has 1 aromatic heterocycles. The van der Waals surface area contributed by atoms with Crippen molar-refractivity contribution in [3.63, 3.8) is 0 Å². The maximum absolute atomic E-state index is 9.70. The minimum atomic E-state index is -0.725. The molecule has 10 rings (SSSR count). The van der Waals surface area contributed by atoms with Gasteiger partial charge < -0.3 is 4.42 Å². The molecule has 1 heterocycles. The van der Waals surface area contributed by atoms with Crippen LogP contribution in [0.5, 0.6) is 0 Å². The summed E-state index contributed by atoms with van der Waals surface area (Å²) in [4.78, 5) is 0. The highest BCUT2D eigenvalue weighted by Gasteiger charge is 2.17. The summed E-state index contributed by atoms with van der Waals surface area (Å²) in [6.07, 6.45) is 0. The van der Waals surface area contributed by atoms with Crippen molar-refractivity contribution in [3.8, 4) is 44.5 Å². The molecule has 1 nitrogen and oxygen atoms in total. The topological polar surface area (TPSA) is 13.1 Å². The molecule has 0 aliphatic heterocycles. The first-order valence-corrected chi connectivity index (χ1v) is 15.6. The van der Waals surface area contributed by atoms with Gasteiger partial charge in [0.1, 0.15) is 11.2 Å². The van der Waals surface area contributed by atoms with E-state index in [1.54, 1.807) is 0 Å². The summed E-state index contributed by atoms with van der Waals surface area (Å²) < 4.78 is 150. The van der Waals surface area contributed by atoms with E-state index in [1.165, 1.54) is 6.07 Å². The highest BCUT2D eigenvalue weighted by molar-refractivity contribution is 6.22. The summed E-state index contributed by atoms with van der Waals surface area (Å²) in [5, 5.41) is 2.17. The van der Waals surface area contributed by atoms with E-state index in [1.807, 2.05) is 78.9 Å². The average Bonchev–Trinajstić information content (AvgIpc) is 3.69. The Morgan fingerprint density at radius 1 is 0.388 bits per heavy atom. The molecule has 0 bridgehead atoms. The summed E-state index contributed by atoms with van der Waals surface area (Å²) in [6.45, 7) is 0. The van der Waals surface area contributed by atoms with Crippen molar-refractivity contribution < 1.29 is 26.3 Å². The fourth-order valence-corrected chi connectivity index (χ4v) is 6.67. The number of benzene rings is 9. The molecule has 49 heavy (non-hydrogen) atoms. The van der Waals surface area contributed by atoms with E-state index in [4.69, 9.17) is 18.1 Å². The van der Waals surface area contributed by atoms with Gasteiger partial charge in [-0.05, 0) is 107 Å². The normalized spacial score (nSPS) is 16.2. The van der Waals surface area contributed by atoms with Crippen LogP contribution in [0.1, 0.15) is 21.9 Å². The first-order valence-electron chi connectivity index (χ1n) is 23.6. The van der Waals surface area contributed by atoms with E-state index in [-0.39, 0.29) is 61.0 Å². The van der Waals surface area contributed by atoms with Crippen LogP contribution in [-0.4, -0.2) is 0 Å². The molecular weight excluding hydrogens is 593 g/mol. The van der Waals surface area contributed by atoms with Crippen LogP contribution >= 0.6 is 0 Å². The van der Waals surface area contributed by atoms with Gasteiger partial charge in [0.15, 0.2) is 0 Å². The van der Waals surface area contributed by atoms with Gasteiger partial charge >= 0.3 is 0 Å². The first kappa shape index (κ1) is 16.1. The average molecular weight is 639 g/mol. The van der Waals surface area contributed by atoms with Crippen LogP contribution in [-0.2, 0) is 0 Å². The molecule has 0 fully saturated rings.